The number of rotatable bonds is 6. The van der Waals surface area contributed by atoms with Gasteiger partial charge < -0.3 is 10.2 Å². The van der Waals surface area contributed by atoms with E-state index in [-0.39, 0.29) is 0 Å². The second-order valence-electron chi connectivity index (χ2n) is 7.00. The SMILES string of the molecule is CCNC(CCN1CC(C)CC1C)c1cc(C)cc(C)c1. The summed E-state index contributed by atoms with van der Waals surface area (Å²) in [5.41, 5.74) is 4.20. The molecule has 0 spiro atoms. The van der Waals surface area contributed by atoms with Crippen molar-refractivity contribution in [3.8, 4) is 0 Å². The van der Waals surface area contributed by atoms with E-state index in [0.29, 0.717) is 6.04 Å². The van der Waals surface area contributed by atoms with Crippen LogP contribution in [0.15, 0.2) is 18.2 Å². The molecule has 1 fully saturated rings. The van der Waals surface area contributed by atoms with Crippen molar-refractivity contribution in [3.63, 3.8) is 0 Å². The lowest BCUT2D eigenvalue weighted by Crippen LogP contribution is -2.32. The molecule has 0 aromatic heterocycles. The van der Waals surface area contributed by atoms with Crippen molar-refractivity contribution >= 4 is 0 Å². The summed E-state index contributed by atoms with van der Waals surface area (Å²) in [5.74, 6) is 0.860. The first kappa shape index (κ1) is 16.5. The van der Waals surface area contributed by atoms with Crippen LogP contribution < -0.4 is 5.32 Å². The number of likely N-dealkylation sites (tertiary alicyclic amines) is 1. The van der Waals surface area contributed by atoms with E-state index in [4.69, 9.17) is 0 Å². The smallest absolute Gasteiger partial charge is 0.0332 e. The van der Waals surface area contributed by atoms with Crippen molar-refractivity contribution in [3.05, 3.63) is 34.9 Å². The number of hydrogen-bond acceptors (Lipinski definition) is 2. The lowest BCUT2D eigenvalue weighted by molar-refractivity contribution is 0.249. The van der Waals surface area contributed by atoms with Crippen molar-refractivity contribution in [2.75, 3.05) is 19.6 Å². The van der Waals surface area contributed by atoms with Gasteiger partial charge in [-0.05, 0) is 51.6 Å². The molecule has 1 N–H and O–H groups in total. The van der Waals surface area contributed by atoms with Gasteiger partial charge in [-0.25, -0.2) is 0 Å². The summed E-state index contributed by atoms with van der Waals surface area (Å²) in [5, 5.41) is 3.68. The standard InChI is InChI=1S/C19H32N2/c1-6-20-19(18-11-14(2)9-15(3)12-18)7-8-21-13-16(4)10-17(21)5/h9,11-12,16-17,19-20H,6-8,10,13H2,1-5H3. The molecule has 1 aliphatic heterocycles. The van der Waals surface area contributed by atoms with Crippen LogP contribution in [-0.2, 0) is 0 Å². The summed E-state index contributed by atoms with van der Waals surface area (Å²) < 4.78 is 0. The Bertz CT molecular complexity index is 435. The molecule has 1 aromatic carbocycles. The zero-order valence-electron chi connectivity index (χ0n) is 14.4. The zero-order valence-corrected chi connectivity index (χ0v) is 14.4. The molecule has 1 aliphatic rings. The highest BCUT2D eigenvalue weighted by Gasteiger charge is 2.26. The molecule has 1 aromatic rings. The Morgan fingerprint density at radius 3 is 2.38 bits per heavy atom. The van der Waals surface area contributed by atoms with E-state index in [1.165, 1.54) is 42.6 Å². The molecule has 2 nitrogen and oxygen atoms in total. The highest BCUT2D eigenvalue weighted by atomic mass is 15.2. The van der Waals surface area contributed by atoms with Crippen LogP contribution in [0.1, 0.15) is 56.3 Å². The third kappa shape index (κ3) is 4.55. The Kier molecular flexibility index (Phi) is 5.83. The molecule has 0 radical (unpaired) electrons. The lowest BCUT2D eigenvalue weighted by Gasteiger charge is -2.25. The van der Waals surface area contributed by atoms with Gasteiger partial charge in [0.15, 0.2) is 0 Å². The normalized spacial score (nSPS) is 24.4. The molecule has 1 heterocycles. The van der Waals surface area contributed by atoms with Gasteiger partial charge in [0, 0.05) is 25.2 Å². The van der Waals surface area contributed by atoms with E-state index in [1.807, 2.05) is 0 Å². The van der Waals surface area contributed by atoms with E-state index >= 15 is 0 Å². The minimum Gasteiger partial charge on any atom is -0.310 e. The summed E-state index contributed by atoms with van der Waals surface area (Å²) in [6, 6.07) is 8.18. The molecule has 2 rings (SSSR count). The first-order chi connectivity index (χ1) is 9.99. The molecule has 0 bridgehead atoms. The average molecular weight is 288 g/mol. The van der Waals surface area contributed by atoms with E-state index in [2.05, 4.69) is 63.0 Å². The molecular weight excluding hydrogens is 256 g/mol. The molecule has 118 valence electrons. The molecule has 21 heavy (non-hydrogen) atoms. The Labute approximate surface area is 130 Å². The first-order valence-corrected chi connectivity index (χ1v) is 8.55. The van der Waals surface area contributed by atoms with Crippen molar-refractivity contribution in [2.24, 2.45) is 5.92 Å². The summed E-state index contributed by atoms with van der Waals surface area (Å²) in [6.45, 7) is 14.9. The molecular formula is C19H32N2. The monoisotopic (exact) mass is 288 g/mol. The van der Waals surface area contributed by atoms with Crippen LogP contribution >= 0.6 is 0 Å². The van der Waals surface area contributed by atoms with Gasteiger partial charge in [-0.1, -0.05) is 43.2 Å². The molecule has 3 atom stereocenters. The Balaban J connectivity index is 2.01. The quantitative estimate of drug-likeness (QED) is 0.848. The summed E-state index contributed by atoms with van der Waals surface area (Å²) in [7, 11) is 0. The number of nitrogens with one attached hydrogen (secondary N) is 1. The number of aryl methyl sites for hydroxylation is 2. The van der Waals surface area contributed by atoms with Crippen LogP contribution in [0.4, 0.5) is 0 Å². The number of hydrogen-bond donors (Lipinski definition) is 1. The predicted molar refractivity (Wildman–Crippen MR) is 91.8 cm³/mol. The zero-order chi connectivity index (χ0) is 15.4. The van der Waals surface area contributed by atoms with Crippen molar-refractivity contribution in [2.45, 2.75) is 59.5 Å². The van der Waals surface area contributed by atoms with Gasteiger partial charge in [0.2, 0.25) is 0 Å². The molecule has 0 amide bonds. The predicted octanol–water partition coefficient (Wildman–Crippen LogP) is 4.07. The maximum Gasteiger partial charge on any atom is 0.0332 e. The maximum absolute atomic E-state index is 3.68. The van der Waals surface area contributed by atoms with Crippen molar-refractivity contribution in [1.29, 1.82) is 0 Å². The summed E-state index contributed by atoms with van der Waals surface area (Å²) >= 11 is 0. The van der Waals surface area contributed by atoms with E-state index in [9.17, 15) is 0 Å². The highest BCUT2D eigenvalue weighted by molar-refractivity contribution is 5.30. The highest BCUT2D eigenvalue weighted by Crippen LogP contribution is 2.25. The largest absolute Gasteiger partial charge is 0.310 e. The average Bonchev–Trinajstić information content (AvgIpc) is 2.71. The van der Waals surface area contributed by atoms with Gasteiger partial charge in [0.05, 0.1) is 0 Å². The number of nitrogens with zero attached hydrogens (tertiary/aromatic N) is 1. The van der Waals surface area contributed by atoms with E-state index < -0.39 is 0 Å². The van der Waals surface area contributed by atoms with Crippen LogP contribution in [0.5, 0.6) is 0 Å². The molecule has 2 heteroatoms. The fourth-order valence-corrected chi connectivity index (χ4v) is 3.84. The minimum absolute atomic E-state index is 0.483. The third-order valence-corrected chi connectivity index (χ3v) is 4.71. The third-order valence-electron chi connectivity index (χ3n) is 4.71. The van der Waals surface area contributed by atoms with Gasteiger partial charge in [0.25, 0.3) is 0 Å². The fraction of sp³-hybridized carbons (Fsp3) is 0.684. The Hall–Kier alpha value is -0.860. The van der Waals surface area contributed by atoms with Gasteiger partial charge >= 0.3 is 0 Å². The topological polar surface area (TPSA) is 15.3 Å². The van der Waals surface area contributed by atoms with Crippen LogP contribution in [0.3, 0.4) is 0 Å². The minimum atomic E-state index is 0.483. The van der Waals surface area contributed by atoms with Gasteiger partial charge in [-0.3, -0.25) is 0 Å². The Morgan fingerprint density at radius 2 is 1.86 bits per heavy atom. The van der Waals surface area contributed by atoms with Crippen LogP contribution in [0, 0.1) is 19.8 Å². The molecule has 3 unspecified atom stereocenters. The van der Waals surface area contributed by atoms with Crippen LogP contribution in [-0.4, -0.2) is 30.6 Å². The van der Waals surface area contributed by atoms with Crippen molar-refractivity contribution < 1.29 is 0 Å². The second-order valence-corrected chi connectivity index (χ2v) is 7.00. The summed E-state index contributed by atoms with van der Waals surface area (Å²) in [4.78, 5) is 2.66. The number of benzene rings is 1. The van der Waals surface area contributed by atoms with Crippen LogP contribution in [0.2, 0.25) is 0 Å². The maximum atomic E-state index is 3.68. The molecule has 1 saturated heterocycles. The first-order valence-electron chi connectivity index (χ1n) is 8.55. The molecule has 0 aliphatic carbocycles. The second kappa shape index (κ2) is 7.42. The van der Waals surface area contributed by atoms with E-state index in [0.717, 1.165) is 18.5 Å². The van der Waals surface area contributed by atoms with Gasteiger partial charge in [0.1, 0.15) is 0 Å². The van der Waals surface area contributed by atoms with Gasteiger partial charge in [-0.2, -0.15) is 0 Å². The Morgan fingerprint density at radius 1 is 1.19 bits per heavy atom. The lowest BCUT2D eigenvalue weighted by atomic mass is 9.98. The molecule has 0 saturated carbocycles. The van der Waals surface area contributed by atoms with Crippen LogP contribution in [0.25, 0.3) is 0 Å². The van der Waals surface area contributed by atoms with E-state index in [1.54, 1.807) is 0 Å². The van der Waals surface area contributed by atoms with Gasteiger partial charge in [-0.15, -0.1) is 0 Å². The fourth-order valence-electron chi connectivity index (χ4n) is 3.84. The summed E-state index contributed by atoms with van der Waals surface area (Å²) in [6.07, 6.45) is 2.56. The van der Waals surface area contributed by atoms with Crippen molar-refractivity contribution in [1.82, 2.24) is 10.2 Å².